The first-order valence-corrected chi connectivity index (χ1v) is 9.96. The van der Waals surface area contributed by atoms with E-state index in [1.165, 1.54) is 0 Å². The molecule has 3 aromatic carbocycles. The Morgan fingerprint density at radius 3 is 2.26 bits per heavy atom. The Bertz CT molecular complexity index is 1060. The zero-order valence-electron chi connectivity index (χ0n) is 17.0. The molecule has 0 aromatic heterocycles. The highest BCUT2D eigenvalue weighted by Gasteiger charge is 2.27. The summed E-state index contributed by atoms with van der Waals surface area (Å²) in [7, 11) is 0. The minimum atomic E-state index is -0.752. The van der Waals surface area contributed by atoms with E-state index in [9.17, 15) is 9.59 Å². The predicted molar refractivity (Wildman–Crippen MR) is 117 cm³/mol. The first kappa shape index (κ1) is 20.3. The smallest absolute Gasteiger partial charge is 0.269 e. The number of benzene rings is 3. The van der Waals surface area contributed by atoms with Crippen LogP contribution >= 0.6 is 0 Å². The topological polar surface area (TPSA) is 85.9 Å². The third-order valence-corrected chi connectivity index (χ3v) is 4.64. The van der Waals surface area contributed by atoms with Crippen LogP contribution in [0.2, 0.25) is 0 Å². The molecule has 4 rings (SSSR count). The van der Waals surface area contributed by atoms with Gasteiger partial charge in [-0.1, -0.05) is 12.1 Å². The van der Waals surface area contributed by atoms with Crippen molar-refractivity contribution >= 4 is 23.2 Å². The van der Waals surface area contributed by atoms with Crippen LogP contribution in [0.5, 0.6) is 17.2 Å². The Labute approximate surface area is 179 Å². The molecule has 1 aliphatic heterocycles. The maximum atomic E-state index is 12.5. The molecule has 0 spiro atoms. The number of anilines is 2. The summed E-state index contributed by atoms with van der Waals surface area (Å²) in [6.07, 6.45) is -0.752. The van der Waals surface area contributed by atoms with Gasteiger partial charge in [-0.05, 0) is 67.6 Å². The number of amides is 2. The lowest BCUT2D eigenvalue weighted by Gasteiger charge is -2.25. The van der Waals surface area contributed by atoms with Gasteiger partial charge in [0, 0.05) is 16.9 Å². The first-order valence-electron chi connectivity index (χ1n) is 9.96. The van der Waals surface area contributed by atoms with Crippen LogP contribution in [-0.4, -0.2) is 31.1 Å². The Morgan fingerprint density at radius 2 is 1.55 bits per heavy atom. The first-order chi connectivity index (χ1) is 15.1. The van der Waals surface area contributed by atoms with Crippen molar-refractivity contribution in [2.45, 2.75) is 13.0 Å². The highest BCUT2D eigenvalue weighted by Crippen LogP contribution is 2.31. The van der Waals surface area contributed by atoms with Gasteiger partial charge in [0.2, 0.25) is 6.10 Å². The largest absolute Gasteiger partial charge is 0.494 e. The van der Waals surface area contributed by atoms with Gasteiger partial charge in [0.1, 0.15) is 12.4 Å². The predicted octanol–water partition coefficient (Wildman–Crippen LogP) is 4.12. The Kier molecular flexibility index (Phi) is 6.03. The van der Waals surface area contributed by atoms with Gasteiger partial charge in [-0.3, -0.25) is 9.59 Å². The summed E-state index contributed by atoms with van der Waals surface area (Å²) >= 11 is 0. The molecule has 0 saturated heterocycles. The van der Waals surface area contributed by atoms with Crippen LogP contribution in [0.25, 0.3) is 0 Å². The van der Waals surface area contributed by atoms with E-state index in [4.69, 9.17) is 14.2 Å². The fourth-order valence-corrected chi connectivity index (χ4v) is 3.08. The van der Waals surface area contributed by atoms with Crippen molar-refractivity contribution in [3.8, 4) is 17.2 Å². The molecule has 0 bridgehead atoms. The minimum Gasteiger partial charge on any atom is -0.494 e. The molecule has 3 aromatic rings. The van der Waals surface area contributed by atoms with Crippen LogP contribution in [0.3, 0.4) is 0 Å². The lowest BCUT2D eigenvalue weighted by Crippen LogP contribution is -2.40. The van der Waals surface area contributed by atoms with Crippen LogP contribution < -0.4 is 24.8 Å². The number of para-hydroxylation sites is 2. The molecule has 0 saturated carbocycles. The van der Waals surface area contributed by atoms with Gasteiger partial charge in [-0.2, -0.15) is 0 Å². The summed E-state index contributed by atoms with van der Waals surface area (Å²) in [5, 5.41) is 5.62. The fourth-order valence-electron chi connectivity index (χ4n) is 3.08. The lowest BCUT2D eigenvalue weighted by molar-refractivity contribution is -0.125. The average molecular weight is 418 g/mol. The molecule has 0 aliphatic carbocycles. The van der Waals surface area contributed by atoms with E-state index >= 15 is 0 Å². The van der Waals surface area contributed by atoms with Gasteiger partial charge >= 0.3 is 0 Å². The molecule has 2 amide bonds. The Morgan fingerprint density at radius 1 is 0.903 bits per heavy atom. The molecule has 7 nitrogen and oxygen atoms in total. The third kappa shape index (κ3) is 4.95. The highest BCUT2D eigenvalue weighted by molar-refractivity contribution is 6.04. The lowest BCUT2D eigenvalue weighted by atomic mass is 10.1. The summed E-state index contributed by atoms with van der Waals surface area (Å²) in [5.74, 6) is 1.34. The van der Waals surface area contributed by atoms with Gasteiger partial charge in [-0.15, -0.1) is 0 Å². The fraction of sp³-hybridized carbons (Fsp3) is 0.167. The number of carbonyl (C=O) groups excluding carboxylic acids is 2. The number of rotatable bonds is 6. The molecule has 0 fully saturated rings. The van der Waals surface area contributed by atoms with Gasteiger partial charge in [0.05, 0.1) is 6.61 Å². The maximum Gasteiger partial charge on any atom is 0.269 e. The van der Waals surface area contributed by atoms with Crippen molar-refractivity contribution in [1.82, 2.24) is 0 Å². The van der Waals surface area contributed by atoms with Crippen LogP contribution in [0.1, 0.15) is 17.3 Å². The van der Waals surface area contributed by atoms with E-state index in [2.05, 4.69) is 10.6 Å². The molecule has 7 heteroatoms. The summed E-state index contributed by atoms with van der Waals surface area (Å²) in [5.41, 5.74) is 1.70. The molecule has 0 radical (unpaired) electrons. The molecule has 1 atom stereocenters. The normalized spacial score (nSPS) is 14.4. The van der Waals surface area contributed by atoms with Crippen molar-refractivity contribution in [3.63, 3.8) is 0 Å². The van der Waals surface area contributed by atoms with E-state index in [0.29, 0.717) is 35.0 Å². The van der Waals surface area contributed by atoms with Crippen LogP contribution in [0.4, 0.5) is 11.4 Å². The second kappa shape index (κ2) is 9.21. The molecule has 158 valence electrons. The van der Waals surface area contributed by atoms with E-state index in [-0.39, 0.29) is 18.4 Å². The summed E-state index contributed by atoms with van der Waals surface area (Å²) < 4.78 is 16.7. The number of carbonyl (C=O) groups is 2. The van der Waals surface area contributed by atoms with Gasteiger partial charge in [-0.25, -0.2) is 0 Å². The van der Waals surface area contributed by atoms with Crippen molar-refractivity contribution in [1.29, 1.82) is 0 Å². The Hall–Kier alpha value is -4.00. The zero-order valence-corrected chi connectivity index (χ0v) is 17.0. The monoisotopic (exact) mass is 418 g/mol. The van der Waals surface area contributed by atoms with E-state index in [1.54, 1.807) is 60.7 Å². The number of hydrogen-bond acceptors (Lipinski definition) is 5. The van der Waals surface area contributed by atoms with Gasteiger partial charge in [0.25, 0.3) is 11.8 Å². The van der Waals surface area contributed by atoms with E-state index in [1.807, 2.05) is 19.1 Å². The molecule has 31 heavy (non-hydrogen) atoms. The molecule has 2 N–H and O–H groups in total. The van der Waals surface area contributed by atoms with Crippen molar-refractivity contribution < 1.29 is 23.8 Å². The summed E-state index contributed by atoms with van der Waals surface area (Å²) in [6.45, 7) is 2.63. The van der Waals surface area contributed by atoms with Crippen molar-refractivity contribution in [3.05, 3.63) is 78.4 Å². The highest BCUT2D eigenvalue weighted by atomic mass is 16.6. The Balaban J connectivity index is 1.33. The molecular weight excluding hydrogens is 396 g/mol. The number of ether oxygens (including phenoxy) is 3. The molecular formula is C24H22N2O5. The van der Waals surface area contributed by atoms with Gasteiger partial charge < -0.3 is 24.8 Å². The van der Waals surface area contributed by atoms with Crippen molar-refractivity contribution in [2.24, 2.45) is 0 Å². The number of fused-ring (bicyclic) bond motifs is 1. The summed E-state index contributed by atoms with van der Waals surface area (Å²) in [6, 6.07) is 21.0. The van der Waals surface area contributed by atoms with E-state index in [0.717, 1.165) is 5.75 Å². The second-order valence-corrected chi connectivity index (χ2v) is 6.84. The van der Waals surface area contributed by atoms with E-state index < -0.39 is 6.10 Å². The number of nitrogens with one attached hydrogen (secondary N) is 2. The van der Waals surface area contributed by atoms with Crippen LogP contribution in [0.15, 0.2) is 72.8 Å². The average Bonchev–Trinajstić information content (AvgIpc) is 2.80. The third-order valence-electron chi connectivity index (χ3n) is 4.64. The minimum absolute atomic E-state index is 0.130. The summed E-state index contributed by atoms with van der Waals surface area (Å²) in [4.78, 5) is 25.0. The maximum absolute atomic E-state index is 12.5. The number of hydrogen-bond donors (Lipinski definition) is 2. The van der Waals surface area contributed by atoms with Crippen LogP contribution in [0, 0.1) is 0 Å². The van der Waals surface area contributed by atoms with Crippen molar-refractivity contribution in [2.75, 3.05) is 23.8 Å². The van der Waals surface area contributed by atoms with Crippen LogP contribution in [-0.2, 0) is 4.79 Å². The zero-order chi connectivity index (χ0) is 21.6. The second-order valence-electron chi connectivity index (χ2n) is 6.84. The molecule has 1 heterocycles. The SMILES string of the molecule is CCOc1ccc(NC(=O)c2ccc(NC(=O)[C@H]3COc4ccccc4O3)cc2)cc1. The quantitative estimate of drug-likeness (QED) is 0.629. The standard InChI is InChI=1S/C24H22N2O5/c1-2-29-19-13-11-18(12-14-19)25-23(27)16-7-9-17(10-8-16)26-24(28)22-15-30-20-5-3-4-6-21(20)31-22/h3-14,22H,2,15H2,1H3,(H,25,27)(H,26,28)/t22-/m1/s1. The molecule has 1 aliphatic rings. The van der Waals surface area contributed by atoms with Gasteiger partial charge in [0.15, 0.2) is 11.5 Å². The molecule has 0 unspecified atom stereocenters.